The highest BCUT2D eigenvalue weighted by Crippen LogP contribution is 2.32. The zero-order valence-corrected chi connectivity index (χ0v) is 8.20. The van der Waals surface area contributed by atoms with Crippen molar-refractivity contribution in [3.63, 3.8) is 0 Å². The van der Waals surface area contributed by atoms with Crippen molar-refractivity contribution in [2.75, 3.05) is 7.11 Å². The summed E-state index contributed by atoms with van der Waals surface area (Å²) in [6, 6.07) is 0.835. The van der Waals surface area contributed by atoms with Crippen LogP contribution in [0.3, 0.4) is 0 Å². The average molecular weight is 185 g/mol. The van der Waals surface area contributed by atoms with E-state index < -0.39 is 0 Å². The van der Waals surface area contributed by atoms with Crippen molar-refractivity contribution in [2.45, 2.75) is 44.2 Å². The fourth-order valence-electron chi connectivity index (χ4n) is 2.47. The summed E-state index contributed by atoms with van der Waals surface area (Å²) >= 11 is 0. The molecule has 0 spiro atoms. The van der Waals surface area contributed by atoms with Crippen LogP contribution in [0.5, 0.6) is 0 Å². The molecular formula is C10H19NO2. The molecule has 1 heterocycles. The Labute approximate surface area is 79.5 Å². The van der Waals surface area contributed by atoms with E-state index in [9.17, 15) is 4.79 Å². The fourth-order valence-corrected chi connectivity index (χ4v) is 2.47. The number of hydrogen-bond donors (Lipinski definition) is 2. The summed E-state index contributed by atoms with van der Waals surface area (Å²) in [4.78, 5) is 10.5. The summed E-state index contributed by atoms with van der Waals surface area (Å²) in [7, 11) is 1.00. The molecule has 0 aromatic carbocycles. The minimum atomic E-state index is 0.170. The van der Waals surface area contributed by atoms with Crippen molar-refractivity contribution in [1.82, 2.24) is 5.32 Å². The highest BCUT2D eigenvalue weighted by Gasteiger charge is 2.34. The first-order valence-electron chi connectivity index (χ1n) is 5.06. The molecule has 1 aliphatic carbocycles. The Balaban J connectivity index is 0.000000396. The zero-order valence-electron chi connectivity index (χ0n) is 8.20. The van der Waals surface area contributed by atoms with Crippen LogP contribution in [0.4, 0.5) is 0 Å². The highest BCUT2D eigenvalue weighted by atomic mass is 16.2. The number of hydrogen-bond acceptors (Lipinski definition) is 3. The van der Waals surface area contributed by atoms with Gasteiger partial charge in [-0.1, -0.05) is 12.8 Å². The van der Waals surface area contributed by atoms with Crippen LogP contribution in [0, 0.1) is 5.92 Å². The van der Waals surface area contributed by atoms with Crippen LogP contribution >= 0.6 is 0 Å². The molecule has 2 N–H and O–H groups in total. The van der Waals surface area contributed by atoms with Gasteiger partial charge in [0.15, 0.2) is 0 Å². The number of rotatable bonds is 1. The van der Waals surface area contributed by atoms with E-state index in [-0.39, 0.29) is 6.04 Å². The van der Waals surface area contributed by atoms with Gasteiger partial charge in [-0.3, -0.25) is 0 Å². The van der Waals surface area contributed by atoms with Crippen LogP contribution in [-0.2, 0) is 4.79 Å². The van der Waals surface area contributed by atoms with Crippen molar-refractivity contribution < 1.29 is 9.90 Å². The van der Waals surface area contributed by atoms with E-state index in [0.29, 0.717) is 6.04 Å². The predicted molar refractivity (Wildman–Crippen MR) is 51.5 cm³/mol. The molecule has 0 radical (unpaired) electrons. The first kappa shape index (κ1) is 10.7. The second-order valence-electron chi connectivity index (χ2n) is 3.80. The van der Waals surface area contributed by atoms with Gasteiger partial charge in [-0.2, -0.15) is 0 Å². The Bertz CT molecular complexity index is 147. The van der Waals surface area contributed by atoms with Crippen LogP contribution in [0.15, 0.2) is 0 Å². The fraction of sp³-hybridized carbons (Fsp3) is 0.900. The maximum Gasteiger partial charge on any atom is 0.136 e. The number of aldehydes is 1. The van der Waals surface area contributed by atoms with E-state index in [2.05, 4.69) is 5.32 Å². The van der Waals surface area contributed by atoms with Crippen LogP contribution in [0.2, 0.25) is 0 Å². The van der Waals surface area contributed by atoms with E-state index in [4.69, 9.17) is 5.11 Å². The largest absolute Gasteiger partial charge is 0.400 e. The molecule has 2 aliphatic rings. The molecule has 13 heavy (non-hydrogen) atoms. The molecule has 2 fully saturated rings. The first-order chi connectivity index (χ1) is 6.40. The topological polar surface area (TPSA) is 49.3 Å². The van der Waals surface area contributed by atoms with Crippen LogP contribution in [0.25, 0.3) is 0 Å². The molecule has 0 bridgehead atoms. The van der Waals surface area contributed by atoms with Crippen molar-refractivity contribution in [3.8, 4) is 0 Å². The number of fused-ring (bicyclic) bond motifs is 1. The van der Waals surface area contributed by atoms with Gasteiger partial charge in [-0.15, -0.1) is 0 Å². The summed E-state index contributed by atoms with van der Waals surface area (Å²) < 4.78 is 0. The Hall–Kier alpha value is -0.410. The van der Waals surface area contributed by atoms with Crippen molar-refractivity contribution in [3.05, 3.63) is 0 Å². The Morgan fingerprint density at radius 2 is 2.00 bits per heavy atom. The monoisotopic (exact) mass is 185 g/mol. The molecule has 0 amide bonds. The molecule has 0 aromatic heterocycles. The summed E-state index contributed by atoms with van der Waals surface area (Å²) in [5, 5.41) is 10.4. The molecule has 0 aromatic rings. The maximum absolute atomic E-state index is 10.5. The van der Waals surface area contributed by atoms with E-state index >= 15 is 0 Å². The summed E-state index contributed by atoms with van der Waals surface area (Å²) in [6.45, 7) is 0. The minimum absolute atomic E-state index is 0.170. The van der Waals surface area contributed by atoms with Gasteiger partial charge < -0.3 is 15.2 Å². The van der Waals surface area contributed by atoms with Crippen LogP contribution < -0.4 is 5.32 Å². The van der Waals surface area contributed by atoms with Crippen molar-refractivity contribution >= 4 is 6.29 Å². The SMILES string of the molecule is CO.O=CC1CC2CCCCC2N1. The number of aliphatic hydroxyl groups is 1. The third kappa shape index (κ3) is 2.51. The van der Waals surface area contributed by atoms with Gasteiger partial charge in [0.25, 0.3) is 0 Å². The number of carbonyl (C=O) groups is 1. The Morgan fingerprint density at radius 1 is 1.31 bits per heavy atom. The summed E-state index contributed by atoms with van der Waals surface area (Å²) in [5.74, 6) is 0.805. The average Bonchev–Trinajstić information content (AvgIpc) is 2.63. The first-order valence-corrected chi connectivity index (χ1v) is 5.06. The van der Waals surface area contributed by atoms with Gasteiger partial charge in [0, 0.05) is 13.2 Å². The lowest BCUT2D eigenvalue weighted by molar-refractivity contribution is -0.109. The van der Waals surface area contributed by atoms with Gasteiger partial charge in [-0.05, 0) is 25.2 Å². The lowest BCUT2D eigenvalue weighted by atomic mass is 9.85. The van der Waals surface area contributed by atoms with Crippen LogP contribution in [-0.4, -0.2) is 30.6 Å². The standard InChI is InChI=1S/C9H15NO.CH4O/c11-6-8-5-7-3-1-2-4-9(7)10-8;1-2/h6-10H,1-5H2;2H,1H3. The van der Waals surface area contributed by atoms with Gasteiger partial charge in [-0.25, -0.2) is 0 Å². The molecule has 1 saturated heterocycles. The minimum Gasteiger partial charge on any atom is -0.400 e. The Kier molecular flexibility index (Phi) is 4.39. The molecule has 3 heteroatoms. The smallest absolute Gasteiger partial charge is 0.136 e. The van der Waals surface area contributed by atoms with Gasteiger partial charge in [0.2, 0.25) is 0 Å². The zero-order chi connectivity index (χ0) is 9.68. The van der Waals surface area contributed by atoms with Crippen LogP contribution in [0.1, 0.15) is 32.1 Å². The molecule has 1 saturated carbocycles. The lowest BCUT2D eigenvalue weighted by Gasteiger charge is -2.24. The molecule has 2 rings (SSSR count). The van der Waals surface area contributed by atoms with E-state index in [0.717, 1.165) is 25.7 Å². The highest BCUT2D eigenvalue weighted by molar-refractivity contribution is 5.58. The summed E-state index contributed by atoms with van der Waals surface area (Å²) in [5.41, 5.74) is 0. The second kappa shape index (κ2) is 5.35. The van der Waals surface area contributed by atoms with E-state index in [1.807, 2.05) is 0 Å². The Morgan fingerprint density at radius 3 is 2.62 bits per heavy atom. The molecule has 1 aliphatic heterocycles. The van der Waals surface area contributed by atoms with Gasteiger partial charge in [0.1, 0.15) is 6.29 Å². The molecule has 3 nitrogen and oxygen atoms in total. The molecule has 76 valence electrons. The molecule has 3 atom stereocenters. The van der Waals surface area contributed by atoms with E-state index in [1.54, 1.807) is 0 Å². The number of carbonyl (C=O) groups excluding carboxylic acids is 1. The normalized spacial score (nSPS) is 37.2. The summed E-state index contributed by atoms with van der Waals surface area (Å²) in [6.07, 6.45) is 7.50. The quantitative estimate of drug-likeness (QED) is 0.592. The predicted octanol–water partition coefficient (Wildman–Crippen LogP) is 0.714. The maximum atomic E-state index is 10.5. The molecule has 3 unspecified atom stereocenters. The van der Waals surface area contributed by atoms with Gasteiger partial charge >= 0.3 is 0 Å². The van der Waals surface area contributed by atoms with Gasteiger partial charge in [0.05, 0.1) is 6.04 Å². The molecular weight excluding hydrogens is 166 g/mol. The third-order valence-electron chi connectivity index (χ3n) is 3.06. The number of nitrogens with one attached hydrogen (secondary N) is 1. The third-order valence-corrected chi connectivity index (χ3v) is 3.06. The van der Waals surface area contributed by atoms with Crippen molar-refractivity contribution in [2.24, 2.45) is 5.92 Å². The number of aliphatic hydroxyl groups excluding tert-OH is 1. The lowest BCUT2D eigenvalue weighted by Crippen LogP contribution is -2.33. The van der Waals surface area contributed by atoms with E-state index in [1.165, 1.54) is 25.7 Å². The second-order valence-corrected chi connectivity index (χ2v) is 3.80. The van der Waals surface area contributed by atoms with Crippen molar-refractivity contribution in [1.29, 1.82) is 0 Å².